The Hall–Kier alpha value is -0.970. The van der Waals surface area contributed by atoms with Crippen molar-refractivity contribution in [3.8, 4) is 5.88 Å². The van der Waals surface area contributed by atoms with Crippen LogP contribution in [0.25, 0.3) is 6.08 Å². The first-order chi connectivity index (χ1) is 8.00. The number of hydrogen-bond acceptors (Lipinski definition) is 2. The Morgan fingerprint density at radius 2 is 2.24 bits per heavy atom. The number of hydrogen-bond donors (Lipinski definition) is 0. The van der Waals surface area contributed by atoms with Crippen molar-refractivity contribution in [3.05, 3.63) is 28.4 Å². The number of aromatic nitrogens is 1. The van der Waals surface area contributed by atoms with Gasteiger partial charge in [-0.15, -0.1) is 0 Å². The van der Waals surface area contributed by atoms with E-state index in [0.717, 1.165) is 10.0 Å². The maximum Gasteiger partial charge on any atom is 0.249 e. The van der Waals surface area contributed by atoms with Gasteiger partial charge in [0.05, 0.1) is 7.11 Å². The van der Waals surface area contributed by atoms with Crippen molar-refractivity contribution >= 4 is 22.0 Å². The number of halogens is 3. The van der Waals surface area contributed by atoms with Gasteiger partial charge in [-0.05, 0) is 27.9 Å². The fourth-order valence-electron chi connectivity index (χ4n) is 1.82. The van der Waals surface area contributed by atoms with E-state index in [2.05, 4.69) is 20.9 Å². The quantitative estimate of drug-likeness (QED) is 0.844. The summed E-state index contributed by atoms with van der Waals surface area (Å²) >= 11 is 3.31. The Labute approximate surface area is 107 Å². The molecule has 17 heavy (non-hydrogen) atoms. The molecule has 0 N–H and O–H groups in total. The molecule has 2 rings (SSSR count). The van der Waals surface area contributed by atoms with E-state index in [1.54, 1.807) is 18.3 Å². The van der Waals surface area contributed by atoms with Crippen LogP contribution in [0.4, 0.5) is 8.78 Å². The Morgan fingerprint density at radius 3 is 2.82 bits per heavy atom. The number of allylic oxidation sites excluding steroid dienone is 1. The van der Waals surface area contributed by atoms with E-state index < -0.39 is 5.92 Å². The molecule has 0 atom stereocenters. The lowest BCUT2D eigenvalue weighted by atomic mass is 9.81. The maximum atomic E-state index is 12.6. The van der Waals surface area contributed by atoms with Crippen molar-refractivity contribution < 1.29 is 13.5 Å². The number of alkyl halides is 2. The molecule has 1 aliphatic rings. The lowest BCUT2D eigenvalue weighted by Crippen LogP contribution is -2.33. The largest absolute Gasteiger partial charge is 0.481 e. The van der Waals surface area contributed by atoms with Crippen LogP contribution in [0.5, 0.6) is 5.88 Å². The van der Waals surface area contributed by atoms with Gasteiger partial charge in [0.25, 0.3) is 0 Å². The minimum atomic E-state index is -2.48. The zero-order valence-electron chi connectivity index (χ0n) is 9.29. The van der Waals surface area contributed by atoms with Crippen molar-refractivity contribution in [2.24, 2.45) is 5.92 Å². The third-order valence-corrected chi connectivity index (χ3v) is 3.14. The fraction of sp³-hybridized carbons (Fsp3) is 0.417. The average Bonchev–Trinajstić information content (AvgIpc) is 2.23. The van der Waals surface area contributed by atoms with Crippen LogP contribution < -0.4 is 4.74 Å². The van der Waals surface area contributed by atoms with Gasteiger partial charge in [0, 0.05) is 29.1 Å². The SMILES string of the molecule is COc1ncc(Br)cc1/C=C/C1CC(F)(F)C1. The van der Waals surface area contributed by atoms with E-state index in [1.165, 1.54) is 7.11 Å². The van der Waals surface area contributed by atoms with E-state index in [4.69, 9.17) is 4.74 Å². The topological polar surface area (TPSA) is 22.1 Å². The van der Waals surface area contributed by atoms with Gasteiger partial charge in [-0.1, -0.05) is 12.2 Å². The molecule has 0 aliphatic heterocycles. The predicted molar refractivity (Wildman–Crippen MR) is 65.2 cm³/mol. The molecule has 1 fully saturated rings. The van der Waals surface area contributed by atoms with Crippen molar-refractivity contribution in [3.63, 3.8) is 0 Å². The molecular weight excluding hydrogens is 292 g/mol. The second-order valence-electron chi connectivity index (χ2n) is 4.14. The fourth-order valence-corrected chi connectivity index (χ4v) is 2.16. The zero-order chi connectivity index (χ0) is 12.5. The molecule has 0 amide bonds. The van der Waals surface area contributed by atoms with Gasteiger partial charge >= 0.3 is 0 Å². The number of methoxy groups -OCH3 is 1. The highest BCUT2D eigenvalue weighted by molar-refractivity contribution is 9.10. The van der Waals surface area contributed by atoms with Crippen molar-refractivity contribution in [1.82, 2.24) is 4.98 Å². The highest BCUT2D eigenvalue weighted by Crippen LogP contribution is 2.43. The summed E-state index contributed by atoms with van der Waals surface area (Å²) in [6.07, 6.45) is 5.09. The normalized spacial score (nSPS) is 19.3. The summed E-state index contributed by atoms with van der Waals surface area (Å²) in [6, 6.07) is 1.85. The van der Waals surface area contributed by atoms with E-state index in [9.17, 15) is 8.78 Å². The Bertz CT molecular complexity index is 440. The van der Waals surface area contributed by atoms with Crippen molar-refractivity contribution in [2.45, 2.75) is 18.8 Å². The van der Waals surface area contributed by atoms with Gasteiger partial charge < -0.3 is 4.74 Å². The van der Waals surface area contributed by atoms with Crippen molar-refractivity contribution in [1.29, 1.82) is 0 Å². The molecule has 5 heteroatoms. The highest BCUT2D eigenvalue weighted by atomic mass is 79.9. The van der Waals surface area contributed by atoms with E-state index in [0.29, 0.717) is 5.88 Å². The second kappa shape index (κ2) is 4.72. The smallest absolute Gasteiger partial charge is 0.249 e. The van der Waals surface area contributed by atoms with E-state index in [1.807, 2.05) is 6.07 Å². The molecule has 2 nitrogen and oxygen atoms in total. The third kappa shape index (κ3) is 3.03. The summed E-state index contributed by atoms with van der Waals surface area (Å²) in [5.74, 6) is -2.03. The molecule has 0 saturated heterocycles. The minimum Gasteiger partial charge on any atom is -0.481 e. The minimum absolute atomic E-state index is 0.0475. The van der Waals surface area contributed by atoms with Gasteiger partial charge in [0.2, 0.25) is 11.8 Å². The van der Waals surface area contributed by atoms with Crippen LogP contribution in [0, 0.1) is 5.92 Å². The number of pyridine rings is 1. The molecule has 0 spiro atoms. The highest BCUT2D eigenvalue weighted by Gasteiger charge is 2.43. The molecule has 1 aromatic heterocycles. The van der Waals surface area contributed by atoms with Crippen LogP contribution in [0.1, 0.15) is 18.4 Å². The Balaban J connectivity index is 2.08. The zero-order valence-corrected chi connectivity index (χ0v) is 10.9. The average molecular weight is 304 g/mol. The summed E-state index contributed by atoms with van der Waals surface area (Å²) in [6.45, 7) is 0. The molecule has 1 aromatic rings. The van der Waals surface area contributed by atoms with Crippen LogP contribution in [-0.4, -0.2) is 18.0 Å². The van der Waals surface area contributed by atoms with Crippen LogP contribution in [-0.2, 0) is 0 Å². The second-order valence-corrected chi connectivity index (χ2v) is 5.05. The van der Waals surface area contributed by atoms with Gasteiger partial charge in [-0.25, -0.2) is 13.8 Å². The van der Waals surface area contributed by atoms with Gasteiger partial charge in [0.15, 0.2) is 0 Å². The molecular formula is C12H12BrF2NO. The van der Waals surface area contributed by atoms with Crippen LogP contribution in [0.3, 0.4) is 0 Å². The summed E-state index contributed by atoms with van der Waals surface area (Å²) in [7, 11) is 1.53. The molecule has 0 bridgehead atoms. The molecule has 0 radical (unpaired) electrons. The van der Waals surface area contributed by atoms with E-state index >= 15 is 0 Å². The molecule has 1 saturated carbocycles. The van der Waals surface area contributed by atoms with Crippen molar-refractivity contribution in [2.75, 3.05) is 7.11 Å². The number of nitrogens with zero attached hydrogens (tertiary/aromatic N) is 1. The molecule has 92 valence electrons. The van der Waals surface area contributed by atoms with Crippen LogP contribution in [0.2, 0.25) is 0 Å². The Morgan fingerprint density at radius 1 is 1.53 bits per heavy atom. The molecule has 1 heterocycles. The number of ether oxygens (including phenoxy) is 1. The number of rotatable bonds is 3. The maximum absolute atomic E-state index is 12.6. The lowest BCUT2D eigenvalue weighted by molar-refractivity contribution is -0.0960. The molecule has 1 aliphatic carbocycles. The van der Waals surface area contributed by atoms with Crippen LogP contribution in [0.15, 0.2) is 22.8 Å². The molecule has 0 unspecified atom stereocenters. The van der Waals surface area contributed by atoms with E-state index in [-0.39, 0.29) is 18.8 Å². The first kappa shape index (κ1) is 12.5. The van der Waals surface area contributed by atoms with Crippen LogP contribution >= 0.6 is 15.9 Å². The summed E-state index contributed by atoms with van der Waals surface area (Å²) in [5, 5.41) is 0. The summed E-state index contributed by atoms with van der Waals surface area (Å²) in [5.41, 5.74) is 0.789. The molecule has 0 aromatic carbocycles. The summed E-state index contributed by atoms with van der Waals surface area (Å²) in [4.78, 5) is 4.08. The summed E-state index contributed by atoms with van der Waals surface area (Å²) < 4.78 is 31.2. The monoisotopic (exact) mass is 303 g/mol. The predicted octanol–water partition coefficient (Wildman–Crippen LogP) is 3.91. The van der Waals surface area contributed by atoms with Gasteiger partial charge in [0.1, 0.15) is 0 Å². The Kier molecular flexibility index (Phi) is 3.47. The standard InChI is InChI=1S/C12H12BrF2NO/c1-17-11-9(4-10(13)7-16-11)3-2-8-5-12(14,15)6-8/h2-4,7-8H,5-6H2,1H3/b3-2+. The first-order valence-corrected chi connectivity index (χ1v) is 6.05. The first-order valence-electron chi connectivity index (χ1n) is 5.26. The lowest BCUT2D eigenvalue weighted by Gasteiger charge is -2.32. The third-order valence-electron chi connectivity index (χ3n) is 2.71. The van der Waals surface area contributed by atoms with Gasteiger partial charge in [-0.3, -0.25) is 0 Å². The van der Waals surface area contributed by atoms with Gasteiger partial charge in [-0.2, -0.15) is 0 Å².